The number of ether oxygens (including phenoxy) is 3. The normalized spacial score (nSPS) is 14.9. The molecule has 1 aliphatic heterocycles. The van der Waals surface area contributed by atoms with Gasteiger partial charge >= 0.3 is 11.8 Å². The van der Waals surface area contributed by atoms with Crippen LogP contribution in [0.25, 0.3) is 0 Å². The number of halogens is 2. The van der Waals surface area contributed by atoms with Gasteiger partial charge in [0.25, 0.3) is 5.91 Å². The van der Waals surface area contributed by atoms with Gasteiger partial charge in [-0.05, 0) is 55.7 Å². The van der Waals surface area contributed by atoms with E-state index in [1.807, 2.05) is 0 Å². The second kappa shape index (κ2) is 13.7. The van der Waals surface area contributed by atoms with E-state index in [0.717, 1.165) is 12.8 Å². The van der Waals surface area contributed by atoms with Gasteiger partial charge in [-0.3, -0.25) is 14.4 Å². The highest BCUT2D eigenvalue weighted by Gasteiger charge is 2.19. The topological polar surface area (TPSA) is 127 Å². The molecule has 1 saturated heterocycles. The Balaban J connectivity index is 1.52. The summed E-state index contributed by atoms with van der Waals surface area (Å²) >= 11 is 12.0. The lowest BCUT2D eigenvalue weighted by Crippen LogP contribution is -2.41. The fraction of sp³-hybridized carbons (Fsp3) is 0.333. The number of nitrogens with zero attached hydrogens (tertiary/aromatic N) is 1. The molecule has 0 spiro atoms. The van der Waals surface area contributed by atoms with E-state index in [2.05, 4.69) is 21.2 Å². The van der Waals surface area contributed by atoms with Gasteiger partial charge in [-0.25, -0.2) is 5.43 Å². The Hall–Kier alpha value is -3.34. The van der Waals surface area contributed by atoms with Gasteiger partial charge in [-0.15, -0.1) is 0 Å². The summed E-state index contributed by atoms with van der Waals surface area (Å²) in [4.78, 5) is 36.1. The molecule has 1 aliphatic rings. The first-order chi connectivity index (χ1) is 17.4. The van der Waals surface area contributed by atoms with Crippen molar-refractivity contribution in [1.29, 1.82) is 0 Å². The average Bonchev–Trinajstić information content (AvgIpc) is 3.39. The zero-order valence-electron chi connectivity index (χ0n) is 19.5. The zero-order chi connectivity index (χ0) is 25.9. The van der Waals surface area contributed by atoms with Crippen LogP contribution in [0.1, 0.15) is 25.3 Å². The van der Waals surface area contributed by atoms with Crippen LogP contribution in [0, 0.1) is 0 Å². The molecule has 0 aromatic heterocycles. The summed E-state index contributed by atoms with van der Waals surface area (Å²) < 4.78 is 16.6. The third kappa shape index (κ3) is 8.11. The molecule has 0 aliphatic carbocycles. The van der Waals surface area contributed by atoms with E-state index in [1.54, 1.807) is 43.3 Å². The minimum Gasteiger partial charge on any atom is -0.490 e. The van der Waals surface area contributed by atoms with E-state index in [-0.39, 0.29) is 24.3 Å². The van der Waals surface area contributed by atoms with Crippen LogP contribution in [-0.4, -0.2) is 56.4 Å². The average molecular weight is 537 g/mol. The van der Waals surface area contributed by atoms with Crippen LogP contribution in [0.3, 0.4) is 0 Å². The van der Waals surface area contributed by atoms with Crippen LogP contribution >= 0.6 is 23.2 Å². The van der Waals surface area contributed by atoms with E-state index in [9.17, 15) is 14.4 Å². The van der Waals surface area contributed by atoms with Crippen LogP contribution in [0.4, 0.5) is 5.69 Å². The molecule has 3 N–H and O–H groups in total. The van der Waals surface area contributed by atoms with Crippen molar-refractivity contribution in [1.82, 2.24) is 10.7 Å². The van der Waals surface area contributed by atoms with E-state index in [1.165, 1.54) is 6.21 Å². The number of amides is 3. The molecule has 1 fully saturated rings. The number of carbonyl (C=O) groups excluding carboxylic acids is 3. The number of hydrogen-bond donors (Lipinski definition) is 3. The van der Waals surface area contributed by atoms with Gasteiger partial charge < -0.3 is 24.8 Å². The van der Waals surface area contributed by atoms with Crippen molar-refractivity contribution in [3.63, 3.8) is 0 Å². The second-order valence-corrected chi connectivity index (χ2v) is 8.41. The van der Waals surface area contributed by atoms with Gasteiger partial charge in [0.05, 0.1) is 34.7 Å². The summed E-state index contributed by atoms with van der Waals surface area (Å²) in [5.41, 5.74) is 3.12. The number of anilines is 1. The van der Waals surface area contributed by atoms with Crippen molar-refractivity contribution in [3.05, 3.63) is 52.0 Å². The fourth-order valence-electron chi connectivity index (χ4n) is 3.23. The molecule has 0 bridgehead atoms. The number of hydrazone groups is 1. The largest absolute Gasteiger partial charge is 0.490 e. The van der Waals surface area contributed by atoms with Gasteiger partial charge in [-0.1, -0.05) is 29.3 Å². The first-order valence-corrected chi connectivity index (χ1v) is 12.0. The Morgan fingerprint density at radius 1 is 1.14 bits per heavy atom. The SMILES string of the molecule is CCOc1cc(/C=N\NC(=O)C(=O)NC[C@H]2CCCO2)ccc1OCC(=O)Nc1cccc(Cl)c1Cl. The summed E-state index contributed by atoms with van der Waals surface area (Å²) in [6.07, 6.45) is 3.08. The highest BCUT2D eigenvalue weighted by atomic mass is 35.5. The lowest BCUT2D eigenvalue weighted by atomic mass is 10.2. The maximum atomic E-state index is 12.3. The monoisotopic (exact) mass is 536 g/mol. The molecule has 36 heavy (non-hydrogen) atoms. The summed E-state index contributed by atoms with van der Waals surface area (Å²) in [6, 6.07) is 9.77. The summed E-state index contributed by atoms with van der Waals surface area (Å²) in [5.74, 6) is -1.42. The predicted octanol–water partition coefficient (Wildman–Crippen LogP) is 3.15. The lowest BCUT2D eigenvalue weighted by molar-refractivity contribution is -0.139. The lowest BCUT2D eigenvalue weighted by Gasteiger charge is -2.13. The summed E-state index contributed by atoms with van der Waals surface area (Å²) in [6.45, 7) is 2.79. The van der Waals surface area contributed by atoms with E-state index >= 15 is 0 Å². The third-order valence-corrected chi connectivity index (χ3v) is 5.77. The molecule has 1 heterocycles. The Morgan fingerprint density at radius 2 is 1.97 bits per heavy atom. The molecule has 3 rings (SSSR count). The third-order valence-electron chi connectivity index (χ3n) is 4.95. The molecule has 0 radical (unpaired) electrons. The second-order valence-electron chi connectivity index (χ2n) is 7.62. The van der Waals surface area contributed by atoms with Gasteiger partial charge in [0.1, 0.15) is 0 Å². The zero-order valence-corrected chi connectivity index (χ0v) is 21.0. The minimum absolute atomic E-state index is 0.0660. The number of carbonyl (C=O) groups is 3. The smallest absolute Gasteiger partial charge is 0.329 e. The standard InChI is InChI=1S/C24H26Cl2N4O6/c1-2-34-20-11-15(12-28-30-24(33)23(32)27-13-16-5-4-10-35-16)8-9-19(20)36-14-21(31)29-18-7-3-6-17(25)22(18)26/h3,6-9,11-12,16H,2,4-5,10,13-14H2,1H3,(H,27,32)(H,29,31)(H,30,33)/b28-12-/t16-/m1/s1. The van der Waals surface area contributed by atoms with Crippen molar-refractivity contribution < 1.29 is 28.6 Å². The molecule has 12 heteroatoms. The van der Waals surface area contributed by atoms with Gasteiger partial charge in [0, 0.05) is 13.2 Å². The summed E-state index contributed by atoms with van der Waals surface area (Å²) in [5, 5.41) is 9.52. The fourth-order valence-corrected chi connectivity index (χ4v) is 3.58. The highest BCUT2D eigenvalue weighted by Crippen LogP contribution is 2.30. The molecule has 192 valence electrons. The molecule has 3 amide bonds. The molecule has 0 saturated carbocycles. The Bertz CT molecular complexity index is 1120. The molecular weight excluding hydrogens is 511 g/mol. The van der Waals surface area contributed by atoms with Crippen LogP contribution < -0.4 is 25.5 Å². The number of hydrogen-bond acceptors (Lipinski definition) is 7. The molecule has 0 unspecified atom stereocenters. The minimum atomic E-state index is -0.889. The molecular formula is C24H26Cl2N4O6. The maximum absolute atomic E-state index is 12.3. The highest BCUT2D eigenvalue weighted by molar-refractivity contribution is 6.44. The Kier molecular flexibility index (Phi) is 10.3. The van der Waals surface area contributed by atoms with Crippen LogP contribution in [0.15, 0.2) is 41.5 Å². The number of benzene rings is 2. The van der Waals surface area contributed by atoms with Gasteiger partial charge in [0.2, 0.25) is 0 Å². The van der Waals surface area contributed by atoms with Crippen LogP contribution in [0.2, 0.25) is 10.0 Å². The van der Waals surface area contributed by atoms with Crippen molar-refractivity contribution in [2.45, 2.75) is 25.9 Å². The van der Waals surface area contributed by atoms with Crippen LogP contribution in [-0.2, 0) is 19.1 Å². The van der Waals surface area contributed by atoms with E-state index in [0.29, 0.717) is 41.0 Å². The van der Waals surface area contributed by atoms with Crippen molar-refractivity contribution >= 4 is 52.8 Å². The maximum Gasteiger partial charge on any atom is 0.329 e. The Labute approximate surface area is 218 Å². The van der Waals surface area contributed by atoms with E-state index in [4.69, 9.17) is 37.4 Å². The first kappa shape index (κ1) is 27.3. The van der Waals surface area contributed by atoms with Crippen molar-refractivity contribution in [2.24, 2.45) is 5.10 Å². The van der Waals surface area contributed by atoms with Gasteiger partial charge in [-0.2, -0.15) is 5.10 Å². The molecule has 2 aromatic carbocycles. The quantitative estimate of drug-likeness (QED) is 0.243. The Morgan fingerprint density at radius 3 is 2.72 bits per heavy atom. The number of rotatable bonds is 10. The van der Waals surface area contributed by atoms with Crippen molar-refractivity contribution in [2.75, 3.05) is 31.7 Å². The number of nitrogens with one attached hydrogen (secondary N) is 3. The first-order valence-electron chi connectivity index (χ1n) is 11.2. The summed E-state index contributed by atoms with van der Waals surface area (Å²) in [7, 11) is 0. The van der Waals surface area contributed by atoms with E-state index < -0.39 is 17.7 Å². The van der Waals surface area contributed by atoms with Crippen LogP contribution in [0.5, 0.6) is 11.5 Å². The predicted molar refractivity (Wildman–Crippen MR) is 136 cm³/mol. The van der Waals surface area contributed by atoms with Crippen molar-refractivity contribution in [3.8, 4) is 11.5 Å². The molecule has 10 nitrogen and oxygen atoms in total. The molecule has 1 atom stereocenters. The van der Waals surface area contributed by atoms with Gasteiger partial charge in [0.15, 0.2) is 18.1 Å². The molecule has 2 aromatic rings.